The Morgan fingerprint density at radius 1 is 1.30 bits per heavy atom. The van der Waals surface area contributed by atoms with Crippen molar-refractivity contribution in [1.82, 2.24) is 10.6 Å². The maximum atomic E-state index is 11.6. The van der Waals surface area contributed by atoms with E-state index in [0.29, 0.717) is 13.0 Å². The smallest absolute Gasteiger partial charge is 0.328 e. The number of hydrogen-bond donors (Lipinski definition) is 3. The van der Waals surface area contributed by atoms with E-state index in [9.17, 15) is 14.4 Å². The van der Waals surface area contributed by atoms with Crippen LogP contribution in [-0.4, -0.2) is 42.8 Å². The van der Waals surface area contributed by atoms with E-state index < -0.39 is 29.9 Å². The third kappa shape index (κ3) is 4.71. The van der Waals surface area contributed by atoms with E-state index in [1.807, 2.05) is 0 Å². The maximum absolute atomic E-state index is 11.6. The van der Waals surface area contributed by atoms with Gasteiger partial charge in [0.25, 0.3) is 0 Å². The van der Waals surface area contributed by atoms with Gasteiger partial charge in [0.2, 0.25) is 0 Å². The Kier molecular flexibility index (Phi) is 6.27. The first kappa shape index (κ1) is 16.3. The van der Waals surface area contributed by atoms with Crippen molar-refractivity contribution in [3.8, 4) is 0 Å². The molecule has 1 saturated carbocycles. The average Bonchev–Trinajstić information content (AvgIpc) is 2.44. The van der Waals surface area contributed by atoms with Gasteiger partial charge in [-0.05, 0) is 25.7 Å². The number of aliphatic carboxylic acids is 1. The molecule has 1 aliphatic carbocycles. The number of hydrogen-bond acceptors (Lipinski definition) is 4. The molecule has 20 heavy (non-hydrogen) atoms. The Labute approximate surface area is 118 Å². The van der Waals surface area contributed by atoms with Gasteiger partial charge in [-0.25, -0.2) is 9.59 Å². The zero-order chi connectivity index (χ0) is 15.1. The van der Waals surface area contributed by atoms with Crippen molar-refractivity contribution in [2.45, 2.75) is 38.6 Å². The number of carboxylic acids is 1. The molecule has 0 heterocycles. The lowest BCUT2D eigenvalue weighted by Crippen LogP contribution is -2.47. The second kappa shape index (κ2) is 7.72. The molecule has 0 spiro atoms. The number of rotatable bonds is 5. The van der Waals surface area contributed by atoms with E-state index in [4.69, 9.17) is 5.11 Å². The van der Waals surface area contributed by atoms with Crippen LogP contribution in [0.5, 0.6) is 0 Å². The molecule has 0 aromatic heterocycles. The summed E-state index contributed by atoms with van der Waals surface area (Å²) in [6, 6.07) is -1.22. The van der Waals surface area contributed by atoms with Crippen molar-refractivity contribution in [3.05, 3.63) is 0 Å². The molecule has 1 fully saturated rings. The van der Waals surface area contributed by atoms with Gasteiger partial charge in [-0.1, -0.05) is 12.8 Å². The molecule has 1 rings (SSSR count). The molecular weight excluding hydrogens is 264 g/mol. The lowest BCUT2D eigenvalue weighted by atomic mass is 9.79. The lowest BCUT2D eigenvalue weighted by molar-refractivity contribution is -0.145. The van der Waals surface area contributed by atoms with Gasteiger partial charge in [-0.2, -0.15) is 0 Å². The third-order valence-corrected chi connectivity index (χ3v) is 3.65. The maximum Gasteiger partial charge on any atom is 0.328 e. The van der Waals surface area contributed by atoms with Gasteiger partial charge in [0.15, 0.2) is 0 Å². The minimum absolute atomic E-state index is 0.0552. The van der Waals surface area contributed by atoms with Gasteiger partial charge < -0.3 is 20.5 Å². The quantitative estimate of drug-likeness (QED) is 0.646. The van der Waals surface area contributed by atoms with Crippen LogP contribution >= 0.6 is 0 Å². The molecule has 0 aliphatic heterocycles. The Morgan fingerprint density at radius 2 is 1.95 bits per heavy atom. The highest BCUT2D eigenvalue weighted by Crippen LogP contribution is 2.29. The summed E-state index contributed by atoms with van der Waals surface area (Å²) in [6.07, 6.45) is 3.35. The number of urea groups is 1. The van der Waals surface area contributed by atoms with E-state index in [1.54, 1.807) is 0 Å². The fraction of sp³-hybridized carbons (Fsp3) is 0.769. The Bertz CT molecular complexity index is 372. The van der Waals surface area contributed by atoms with Gasteiger partial charge in [0.1, 0.15) is 6.04 Å². The molecule has 7 heteroatoms. The van der Waals surface area contributed by atoms with Crippen LogP contribution in [0.25, 0.3) is 0 Å². The van der Waals surface area contributed by atoms with Crippen LogP contribution in [0.4, 0.5) is 4.79 Å². The lowest BCUT2D eigenvalue weighted by Gasteiger charge is -2.28. The summed E-state index contributed by atoms with van der Waals surface area (Å²) in [6.45, 7) is 1.82. The predicted molar refractivity (Wildman–Crippen MR) is 71.1 cm³/mol. The summed E-state index contributed by atoms with van der Waals surface area (Å²) in [7, 11) is 1.25. The fourth-order valence-electron chi connectivity index (χ4n) is 2.48. The average molecular weight is 286 g/mol. The van der Waals surface area contributed by atoms with Crippen LogP contribution in [0.15, 0.2) is 0 Å². The van der Waals surface area contributed by atoms with Crippen molar-refractivity contribution in [3.63, 3.8) is 0 Å². The minimum Gasteiger partial charge on any atom is -0.481 e. The number of nitrogens with one attached hydrogen (secondary N) is 2. The molecule has 3 unspecified atom stereocenters. The zero-order valence-corrected chi connectivity index (χ0v) is 11.8. The monoisotopic (exact) mass is 286 g/mol. The Morgan fingerprint density at radius 3 is 2.55 bits per heavy atom. The van der Waals surface area contributed by atoms with Gasteiger partial charge in [-0.15, -0.1) is 0 Å². The number of carbonyl (C=O) groups is 3. The topological polar surface area (TPSA) is 105 Å². The van der Waals surface area contributed by atoms with E-state index in [-0.39, 0.29) is 5.92 Å². The Balaban J connectivity index is 2.39. The van der Waals surface area contributed by atoms with Crippen LogP contribution < -0.4 is 10.6 Å². The molecule has 0 aromatic carbocycles. The Hall–Kier alpha value is -1.79. The van der Waals surface area contributed by atoms with Gasteiger partial charge in [0, 0.05) is 6.54 Å². The van der Waals surface area contributed by atoms with E-state index in [0.717, 1.165) is 19.3 Å². The molecule has 1 aliphatic rings. The molecule has 0 saturated heterocycles. The fourth-order valence-corrected chi connectivity index (χ4v) is 2.48. The molecular formula is C13H22N2O5. The van der Waals surface area contributed by atoms with Crippen molar-refractivity contribution in [1.29, 1.82) is 0 Å². The summed E-state index contributed by atoms with van der Waals surface area (Å²) in [4.78, 5) is 33.9. The van der Waals surface area contributed by atoms with Crippen molar-refractivity contribution in [2.24, 2.45) is 11.8 Å². The second-order valence-electron chi connectivity index (χ2n) is 5.09. The second-order valence-corrected chi connectivity index (χ2v) is 5.09. The summed E-state index contributed by atoms with van der Waals surface area (Å²) in [5, 5.41) is 14.2. The highest BCUT2D eigenvalue weighted by Gasteiger charge is 2.30. The van der Waals surface area contributed by atoms with Crippen molar-refractivity contribution < 1.29 is 24.2 Å². The van der Waals surface area contributed by atoms with Crippen LogP contribution in [-0.2, 0) is 14.3 Å². The van der Waals surface area contributed by atoms with Crippen molar-refractivity contribution in [2.75, 3.05) is 13.7 Å². The number of carbonyl (C=O) groups excluding carboxylic acids is 2. The molecule has 3 atom stereocenters. The molecule has 0 aromatic rings. The van der Waals surface area contributed by atoms with Crippen LogP contribution in [0.3, 0.4) is 0 Å². The van der Waals surface area contributed by atoms with Gasteiger partial charge >= 0.3 is 18.0 Å². The third-order valence-electron chi connectivity index (χ3n) is 3.65. The van der Waals surface area contributed by atoms with E-state index in [1.165, 1.54) is 14.0 Å². The number of carboxylic acid groups (broad SMARTS) is 1. The summed E-state index contributed by atoms with van der Waals surface area (Å²) >= 11 is 0. The highest BCUT2D eigenvalue weighted by molar-refractivity contribution is 5.83. The number of ether oxygens (including phenoxy) is 1. The van der Waals surface area contributed by atoms with Crippen LogP contribution in [0, 0.1) is 11.8 Å². The standard InChI is InChI=1S/C13H22N2O5/c1-8(12(18)20-2)15-13(19)14-7-9-5-3-4-6-10(9)11(16)17/h8-10H,3-7H2,1-2H3,(H,16,17)(H2,14,15,19). The normalized spacial score (nSPS) is 23.5. The molecule has 0 bridgehead atoms. The first-order chi connectivity index (χ1) is 9.45. The van der Waals surface area contributed by atoms with Gasteiger partial charge in [0.05, 0.1) is 13.0 Å². The largest absolute Gasteiger partial charge is 0.481 e. The highest BCUT2D eigenvalue weighted by atomic mass is 16.5. The zero-order valence-electron chi connectivity index (χ0n) is 11.8. The van der Waals surface area contributed by atoms with Gasteiger partial charge in [-0.3, -0.25) is 4.79 Å². The summed E-state index contributed by atoms with van der Waals surface area (Å²) in [5.41, 5.74) is 0. The molecule has 114 valence electrons. The van der Waals surface area contributed by atoms with Crippen molar-refractivity contribution >= 4 is 18.0 Å². The number of amides is 2. The first-order valence-electron chi connectivity index (χ1n) is 6.80. The number of esters is 1. The molecule has 3 N–H and O–H groups in total. The minimum atomic E-state index is -0.806. The number of methoxy groups -OCH3 is 1. The summed E-state index contributed by atoms with van der Waals surface area (Å²) < 4.78 is 4.50. The molecule has 7 nitrogen and oxygen atoms in total. The SMILES string of the molecule is COC(=O)C(C)NC(=O)NCC1CCCCC1C(=O)O. The molecule has 0 radical (unpaired) electrons. The van der Waals surface area contributed by atoms with E-state index >= 15 is 0 Å². The van der Waals surface area contributed by atoms with Crippen LogP contribution in [0.2, 0.25) is 0 Å². The molecule has 2 amide bonds. The predicted octanol–water partition coefficient (Wildman–Crippen LogP) is 0.738. The summed E-state index contributed by atoms with van der Waals surface area (Å²) in [5.74, 6) is -1.79. The van der Waals surface area contributed by atoms with Crippen LogP contribution in [0.1, 0.15) is 32.6 Å². The first-order valence-corrected chi connectivity index (χ1v) is 6.80. The van der Waals surface area contributed by atoms with E-state index in [2.05, 4.69) is 15.4 Å².